The van der Waals surface area contributed by atoms with Crippen LogP contribution in [0.3, 0.4) is 0 Å². The molecule has 0 saturated carbocycles. The zero-order chi connectivity index (χ0) is 19.7. The number of hydrogen-bond acceptors (Lipinski definition) is 5. The summed E-state index contributed by atoms with van der Waals surface area (Å²) in [6, 6.07) is 12.2. The van der Waals surface area contributed by atoms with Crippen LogP contribution in [0.4, 0.5) is 11.4 Å². The first kappa shape index (κ1) is 18.0. The van der Waals surface area contributed by atoms with Crippen molar-refractivity contribution < 1.29 is 9.59 Å². The van der Waals surface area contributed by atoms with Gasteiger partial charge in [-0.05, 0) is 49.5 Å². The first-order valence-electron chi connectivity index (χ1n) is 9.14. The van der Waals surface area contributed by atoms with Gasteiger partial charge in [-0.3, -0.25) is 14.7 Å². The van der Waals surface area contributed by atoms with E-state index in [0.29, 0.717) is 22.3 Å². The summed E-state index contributed by atoms with van der Waals surface area (Å²) < 4.78 is 0. The van der Waals surface area contributed by atoms with Gasteiger partial charge in [0.2, 0.25) is 0 Å². The standard InChI is InChI=1S/C20H22N6O2/c1-25-8-10-26(11-9-25)20(28)13-2-5-15(6-3-13)22-19(27)18-16-12-14(21)4-7-17(16)23-24-18/h2-7,12H,8-11,21H2,1H3,(H,22,27)(H,23,24). The number of nitrogen functional groups attached to an aromatic ring is 1. The number of likely N-dealkylation sites (N-methyl/N-ethyl adjacent to an activating group) is 1. The van der Waals surface area contributed by atoms with Crippen LogP contribution in [0.2, 0.25) is 0 Å². The zero-order valence-corrected chi connectivity index (χ0v) is 15.6. The number of rotatable bonds is 3. The van der Waals surface area contributed by atoms with Crippen LogP contribution in [0, 0.1) is 0 Å². The Kier molecular flexibility index (Phi) is 4.70. The predicted molar refractivity (Wildman–Crippen MR) is 108 cm³/mol. The molecule has 0 aliphatic carbocycles. The van der Waals surface area contributed by atoms with Gasteiger partial charge >= 0.3 is 0 Å². The number of H-pyrrole nitrogens is 1. The lowest BCUT2D eigenvalue weighted by Gasteiger charge is -2.32. The van der Waals surface area contributed by atoms with Gasteiger partial charge in [-0.2, -0.15) is 5.10 Å². The van der Waals surface area contributed by atoms with Crippen LogP contribution >= 0.6 is 0 Å². The van der Waals surface area contributed by atoms with Gasteiger partial charge in [0.1, 0.15) is 0 Å². The molecule has 0 spiro atoms. The Labute approximate surface area is 162 Å². The number of aromatic amines is 1. The Bertz CT molecular complexity index is 1020. The summed E-state index contributed by atoms with van der Waals surface area (Å²) in [5.74, 6) is -0.324. The molecule has 1 fully saturated rings. The van der Waals surface area contributed by atoms with Crippen molar-refractivity contribution in [2.45, 2.75) is 0 Å². The summed E-state index contributed by atoms with van der Waals surface area (Å²) in [6.45, 7) is 3.20. The van der Waals surface area contributed by atoms with Crippen LogP contribution in [0.25, 0.3) is 10.9 Å². The summed E-state index contributed by atoms with van der Waals surface area (Å²) in [5, 5.41) is 10.4. The quantitative estimate of drug-likeness (QED) is 0.602. The molecule has 0 bridgehead atoms. The molecule has 2 heterocycles. The number of fused-ring (bicyclic) bond motifs is 1. The summed E-state index contributed by atoms with van der Waals surface area (Å²) >= 11 is 0. The maximum atomic E-state index is 12.6. The minimum Gasteiger partial charge on any atom is -0.399 e. The lowest BCUT2D eigenvalue weighted by molar-refractivity contribution is 0.0664. The van der Waals surface area contributed by atoms with Gasteiger partial charge in [0.15, 0.2) is 5.69 Å². The molecule has 1 aliphatic heterocycles. The van der Waals surface area contributed by atoms with Crippen LogP contribution in [-0.4, -0.2) is 65.0 Å². The van der Waals surface area contributed by atoms with Crippen molar-refractivity contribution in [2.75, 3.05) is 44.3 Å². The number of nitrogens with zero attached hydrogens (tertiary/aromatic N) is 3. The second-order valence-electron chi connectivity index (χ2n) is 7.00. The van der Waals surface area contributed by atoms with Gasteiger partial charge < -0.3 is 20.9 Å². The summed E-state index contributed by atoms with van der Waals surface area (Å²) in [4.78, 5) is 29.2. The van der Waals surface area contributed by atoms with Crippen molar-refractivity contribution in [3.05, 3.63) is 53.7 Å². The average Bonchev–Trinajstić information content (AvgIpc) is 3.12. The molecule has 1 aliphatic rings. The zero-order valence-electron chi connectivity index (χ0n) is 15.6. The highest BCUT2D eigenvalue weighted by Gasteiger charge is 2.20. The lowest BCUT2D eigenvalue weighted by Crippen LogP contribution is -2.47. The van der Waals surface area contributed by atoms with Gasteiger partial charge in [-0.1, -0.05) is 0 Å². The molecular weight excluding hydrogens is 356 g/mol. The number of benzene rings is 2. The van der Waals surface area contributed by atoms with E-state index in [1.807, 2.05) is 4.90 Å². The predicted octanol–water partition coefficient (Wildman–Crippen LogP) is 1.78. The van der Waals surface area contributed by atoms with Gasteiger partial charge in [0.25, 0.3) is 11.8 Å². The molecule has 0 atom stereocenters. The van der Waals surface area contributed by atoms with E-state index in [1.165, 1.54) is 0 Å². The van der Waals surface area contributed by atoms with Crippen LogP contribution in [0.1, 0.15) is 20.8 Å². The van der Waals surface area contributed by atoms with E-state index in [-0.39, 0.29) is 17.5 Å². The number of hydrogen-bond donors (Lipinski definition) is 3. The molecule has 4 rings (SSSR count). The van der Waals surface area contributed by atoms with Crippen molar-refractivity contribution in [1.82, 2.24) is 20.0 Å². The topological polar surface area (TPSA) is 107 Å². The molecule has 28 heavy (non-hydrogen) atoms. The van der Waals surface area contributed by atoms with Crippen LogP contribution in [-0.2, 0) is 0 Å². The normalized spacial score (nSPS) is 15.0. The molecule has 1 saturated heterocycles. The highest BCUT2D eigenvalue weighted by molar-refractivity contribution is 6.11. The fourth-order valence-electron chi connectivity index (χ4n) is 3.28. The smallest absolute Gasteiger partial charge is 0.276 e. The Morgan fingerprint density at radius 3 is 2.50 bits per heavy atom. The van der Waals surface area contributed by atoms with Crippen molar-refractivity contribution in [3.8, 4) is 0 Å². The molecule has 8 nitrogen and oxygen atoms in total. The Hall–Kier alpha value is -3.39. The second-order valence-corrected chi connectivity index (χ2v) is 7.00. The van der Waals surface area contributed by atoms with Crippen LogP contribution < -0.4 is 11.1 Å². The van der Waals surface area contributed by atoms with Crippen molar-refractivity contribution in [1.29, 1.82) is 0 Å². The van der Waals surface area contributed by atoms with Crippen LogP contribution in [0.15, 0.2) is 42.5 Å². The van der Waals surface area contributed by atoms with Gasteiger partial charge in [-0.15, -0.1) is 0 Å². The molecule has 144 valence electrons. The van der Waals surface area contributed by atoms with E-state index in [1.54, 1.807) is 42.5 Å². The molecular formula is C20H22N6O2. The second kappa shape index (κ2) is 7.32. The third kappa shape index (κ3) is 3.54. The monoisotopic (exact) mass is 378 g/mol. The highest BCUT2D eigenvalue weighted by Crippen LogP contribution is 2.20. The largest absolute Gasteiger partial charge is 0.399 e. The Balaban J connectivity index is 1.46. The van der Waals surface area contributed by atoms with E-state index >= 15 is 0 Å². The first-order chi connectivity index (χ1) is 13.5. The number of nitrogens with one attached hydrogen (secondary N) is 2. The summed E-state index contributed by atoms with van der Waals surface area (Å²) in [7, 11) is 2.05. The minimum absolute atomic E-state index is 0.0137. The molecule has 0 unspecified atom stereocenters. The lowest BCUT2D eigenvalue weighted by atomic mass is 10.1. The van der Waals surface area contributed by atoms with E-state index in [0.717, 1.165) is 31.7 Å². The fourth-order valence-corrected chi connectivity index (χ4v) is 3.28. The Morgan fingerprint density at radius 1 is 1.07 bits per heavy atom. The fraction of sp³-hybridized carbons (Fsp3) is 0.250. The number of nitrogens with two attached hydrogens (primary N) is 1. The molecule has 1 aromatic heterocycles. The first-order valence-corrected chi connectivity index (χ1v) is 9.14. The number of anilines is 2. The molecule has 2 amide bonds. The third-order valence-corrected chi connectivity index (χ3v) is 4.98. The van der Waals surface area contributed by atoms with E-state index in [4.69, 9.17) is 5.73 Å². The van der Waals surface area contributed by atoms with Crippen molar-refractivity contribution >= 4 is 34.1 Å². The van der Waals surface area contributed by atoms with Crippen molar-refractivity contribution in [3.63, 3.8) is 0 Å². The highest BCUT2D eigenvalue weighted by atomic mass is 16.2. The molecule has 2 aromatic carbocycles. The molecule has 4 N–H and O–H groups in total. The molecule has 0 radical (unpaired) electrons. The number of piperazine rings is 1. The van der Waals surface area contributed by atoms with E-state index in [2.05, 4.69) is 27.5 Å². The number of aromatic nitrogens is 2. The third-order valence-electron chi connectivity index (χ3n) is 4.98. The van der Waals surface area contributed by atoms with Gasteiger partial charge in [0, 0.05) is 48.5 Å². The SMILES string of the molecule is CN1CCN(C(=O)c2ccc(NC(=O)c3n[nH]c4ccc(N)cc34)cc2)CC1. The average molecular weight is 378 g/mol. The number of carbonyl (C=O) groups excluding carboxylic acids is 2. The van der Waals surface area contributed by atoms with Crippen LogP contribution in [0.5, 0.6) is 0 Å². The minimum atomic E-state index is -0.338. The summed E-state index contributed by atoms with van der Waals surface area (Å²) in [5.41, 5.74) is 8.60. The maximum Gasteiger partial charge on any atom is 0.276 e. The molecule has 3 aromatic rings. The van der Waals surface area contributed by atoms with Gasteiger partial charge in [-0.25, -0.2) is 0 Å². The van der Waals surface area contributed by atoms with Gasteiger partial charge in [0.05, 0.1) is 5.52 Å². The molecule has 8 heteroatoms. The Morgan fingerprint density at radius 2 is 1.79 bits per heavy atom. The summed E-state index contributed by atoms with van der Waals surface area (Å²) in [6.07, 6.45) is 0. The number of carbonyl (C=O) groups is 2. The van der Waals surface area contributed by atoms with E-state index in [9.17, 15) is 9.59 Å². The number of amides is 2. The van der Waals surface area contributed by atoms with Crippen molar-refractivity contribution in [2.24, 2.45) is 0 Å². The van der Waals surface area contributed by atoms with E-state index < -0.39 is 0 Å². The maximum absolute atomic E-state index is 12.6.